The molecule has 0 amide bonds. The first-order valence-electron chi connectivity index (χ1n) is 3.35. The van der Waals surface area contributed by atoms with Crippen molar-refractivity contribution >= 4 is 24.0 Å². The fraction of sp³-hybridized carbons (Fsp3) is 0.429. The average molecular weight is 194 g/mol. The van der Waals surface area contributed by atoms with Gasteiger partial charge in [-0.1, -0.05) is 0 Å². The van der Waals surface area contributed by atoms with Crippen LogP contribution in [0.25, 0.3) is 0 Å². The molecule has 0 aromatic carbocycles. The summed E-state index contributed by atoms with van der Waals surface area (Å²) in [6.45, 7) is 1.09. The average Bonchev–Trinajstić information content (AvgIpc) is 2.10. The Morgan fingerprint density at radius 2 is 2.27 bits per heavy atom. The molecule has 2 nitrogen and oxygen atoms in total. The number of hydrogen-bond donors (Lipinski definition) is 1. The Hall–Kier alpha value is -0.180. The number of rotatable bonds is 1. The largest absolute Gasteiger partial charge is 0.448 e. The van der Waals surface area contributed by atoms with E-state index >= 15 is 0 Å². The van der Waals surface area contributed by atoms with Crippen LogP contribution in [-0.2, 0) is 0 Å². The lowest BCUT2D eigenvalue weighted by molar-refractivity contribution is 0.320. The van der Waals surface area contributed by atoms with Crippen molar-refractivity contribution in [3.05, 3.63) is 23.1 Å². The minimum atomic E-state index is 0. The Balaban J connectivity index is 0.000000605. The number of furan rings is 1. The third-order valence-corrected chi connectivity index (χ3v) is 1.96. The second kappa shape index (κ2) is 3.48. The molecule has 0 radical (unpaired) electrons. The topological polar surface area (TPSA) is 25.2 Å². The molecule has 0 bridgehead atoms. The Labute approximate surface area is 76.3 Å². The normalized spacial score (nSPS) is 22.1. The van der Waals surface area contributed by atoms with E-state index < -0.39 is 0 Å². The van der Waals surface area contributed by atoms with E-state index in [1.54, 1.807) is 6.07 Å². The smallest absolute Gasteiger partial charge is 0.193 e. The molecule has 2 rings (SSSR count). The van der Waals surface area contributed by atoms with Gasteiger partial charge in [0.05, 0.1) is 6.04 Å². The third kappa shape index (κ3) is 1.70. The van der Waals surface area contributed by atoms with Gasteiger partial charge in [-0.15, -0.1) is 12.4 Å². The van der Waals surface area contributed by atoms with Crippen molar-refractivity contribution < 1.29 is 4.42 Å². The maximum atomic E-state index is 5.59. The van der Waals surface area contributed by atoms with Gasteiger partial charge in [0.25, 0.3) is 0 Å². The molecule has 1 saturated heterocycles. The van der Waals surface area contributed by atoms with Crippen LogP contribution < -0.4 is 5.32 Å². The fourth-order valence-electron chi connectivity index (χ4n) is 1.05. The van der Waals surface area contributed by atoms with Crippen LogP contribution >= 0.6 is 24.0 Å². The molecule has 1 fully saturated rings. The summed E-state index contributed by atoms with van der Waals surface area (Å²) >= 11 is 5.59. The van der Waals surface area contributed by atoms with Crippen LogP contribution in [0.1, 0.15) is 18.2 Å². The number of halogens is 2. The van der Waals surface area contributed by atoms with Gasteiger partial charge < -0.3 is 9.73 Å². The molecule has 0 spiro atoms. The highest BCUT2D eigenvalue weighted by molar-refractivity contribution is 6.28. The molecule has 1 aromatic rings. The van der Waals surface area contributed by atoms with Gasteiger partial charge in [0.15, 0.2) is 5.22 Å². The standard InChI is InChI=1S/C7H8ClNO.ClH/c8-7-2-1-6(10-7)5-3-4-9-5;/h1-2,5,9H,3-4H2;1H/t5-;/m1./s1. The summed E-state index contributed by atoms with van der Waals surface area (Å²) in [5, 5.41) is 3.70. The molecule has 1 aliphatic rings. The van der Waals surface area contributed by atoms with E-state index in [1.165, 1.54) is 0 Å². The van der Waals surface area contributed by atoms with E-state index in [0.717, 1.165) is 18.7 Å². The van der Waals surface area contributed by atoms with Crippen molar-refractivity contribution in [2.75, 3.05) is 6.54 Å². The minimum Gasteiger partial charge on any atom is -0.448 e. The van der Waals surface area contributed by atoms with Crippen LogP contribution in [0.5, 0.6) is 0 Å². The molecule has 0 unspecified atom stereocenters. The van der Waals surface area contributed by atoms with Gasteiger partial charge >= 0.3 is 0 Å². The van der Waals surface area contributed by atoms with Crippen LogP contribution in [0.3, 0.4) is 0 Å². The first-order chi connectivity index (χ1) is 4.86. The van der Waals surface area contributed by atoms with Crippen molar-refractivity contribution in [3.63, 3.8) is 0 Å². The summed E-state index contributed by atoms with van der Waals surface area (Å²) in [6, 6.07) is 4.10. The summed E-state index contributed by atoms with van der Waals surface area (Å²) < 4.78 is 5.19. The zero-order valence-corrected chi connectivity index (χ0v) is 7.41. The number of nitrogens with one attached hydrogen (secondary N) is 1. The molecular weight excluding hydrogens is 185 g/mol. The Morgan fingerprint density at radius 1 is 1.55 bits per heavy atom. The van der Waals surface area contributed by atoms with Crippen LogP contribution in [0.15, 0.2) is 16.5 Å². The van der Waals surface area contributed by atoms with Crippen molar-refractivity contribution in [2.24, 2.45) is 0 Å². The summed E-state index contributed by atoms with van der Waals surface area (Å²) in [7, 11) is 0. The summed E-state index contributed by atoms with van der Waals surface area (Å²) in [5.41, 5.74) is 0. The highest BCUT2D eigenvalue weighted by Crippen LogP contribution is 2.25. The second-order valence-electron chi connectivity index (χ2n) is 2.44. The van der Waals surface area contributed by atoms with Crippen LogP contribution in [0.2, 0.25) is 5.22 Å². The van der Waals surface area contributed by atoms with Gasteiger partial charge in [0, 0.05) is 0 Å². The summed E-state index contributed by atoms with van der Waals surface area (Å²) in [5.74, 6) is 0.955. The first kappa shape index (κ1) is 8.91. The lowest BCUT2D eigenvalue weighted by atomic mass is 10.1. The summed E-state index contributed by atoms with van der Waals surface area (Å²) in [6.07, 6.45) is 1.16. The molecule has 0 saturated carbocycles. The van der Waals surface area contributed by atoms with Crippen molar-refractivity contribution in [1.82, 2.24) is 5.32 Å². The maximum absolute atomic E-state index is 5.59. The molecule has 4 heteroatoms. The molecule has 62 valence electrons. The fourth-order valence-corrected chi connectivity index (χ4v) is 1.20. The number of hydrogen-bond acceptors (Lipinski definition) is 2. The lowest BCUT2D eigenvalue weighted by Crippen LogP contribution is -2.34. The molecule has 1 aliphatic heterocycles. The van der Waals surface area contributed by atoms with Crippen molar-refractivity contribution in [2.45, 2.75) is 12.5 Å². The molecule has 1 N–H and O–H groups in total. The lowest BCUT2D eigenvalue weighted by Gasteiger charge is -2.25. The first-order valence-corrected chi connectivity index (χ1v) is 3.73. The van der Waals surface area contributed by atoms with Crippen LogP contribution in [0.4, 0.5) is 0 Å². The van der Waals surface area contributed by atoms with Gasteiger partial charge in [-0.3, -0.25) is 0 Å². The quantitative estimate of drug-likeness (QED) is 0.742. The predicted molar refractivity (Wildman–Crippen MR) is 46.3 cm³/mol. The minimum absolute atomic E-state index is 0. The Kier molecular flexibility index (Phi) is 2.82. The maximum Gasteiger partial charge on any atom is 0.193 e. The van der Waals surface area contributed by atoms with Gasteiger partial charge in [-0.05, 0) is 36.7 Å². The monoisotopic (exact) mass is 193 g/mol. The Bertz CT molecular complexity index is 232. The van der Waals surface area contributed by atoms with Gasteiger partial charge in [0.2, 0.25) is 0 Å². The highest BCUT2D eigenvalue weighted by Gasteiger charge is 2.21. The van der Waals surface area contributed by atoms with Gasteiger partial charge in [-0.25, -0.2) is 0 Å². The zero-order chi connectivity index (χ0) is 6.97. The molecule has 0 aliphatic carbocycles. The third-order valence-electron chi connectivity index (χ3n) is 1.76. The molecular formula is C7H9Cl2NO. The highest BCUT2D eigenvalue weighted by atomic mass is 35.5. The summed E-state index contributed by atoms with van der Waals surface area (Å²) in [4.78, 5) is 0. The van der Waals surface area contributed by atoms with E-state index in [-0.39, 0.29) is 12.4 Å². The molecule has 2 heterocycles. The van der Waals surface area contributed by atoms with E-state index in [0.29, 0.717) is 11.3 Å². The molecule has 1 aromatic heterocycles. The zero-order valence-electron chi connectivity index (χ0n) is 5.84. The van der Waals surface area contributed by atoms with E-state index in [2.05, 4.69) is 5.32 Å². The van der Waals surface area contributed by atoms with Gasteiger partial charge in [-0.2, -0.15) is 0 Å². The van der Waals surface area contributed by atoms with Crippen molar-refractivity contribution in [1.29, 1.82) is 0 Å². The second-order valence-corrected chi connectivity index (χ2v) is 2.81. The molecule has 11 heavy (non-hydrogen) atoms. The SMILES string of the molecule is Cl.Clc1ccc([C@H]2CCN2)o1. The predicted octanol–water partition coefficient (Wildman–Crippen LogP) is 2.39. The van der Waals surface area contributed by atoms with Crippen LogP contribution in [-0.4, -0.2) is 6.54 Å². The van der Waals surface area contributed by atoms with E-state index in [9.17, 15) is 0 Å². The van der Waals surface area contributed by atoms with E-state index in [1.807, 2.05) is 6.07 Å². The Morgan fingerprint density at radius 3 is 2.64 bits per heavy atom. The van der Waals surface area contributed by atoms with Crippen molar-refractivity contribution in [3.8, 4) is 0 Å². The van der Waals surface area contributed by atoms with Gasteiger partial charge in [0.1, 0.15) is 5.76 Å². The van der Waals surface area contributed by atoms with E-state index in [4.69, 9.17) is 16.0 Å². The van der Waals surface area contributed by atoms with Crippen LogP contribution in [0, 0.1) is 0 Å². The molecule has 1 atom stereocenters.